The third-order valence-corrected chi connectivity index (χ3v) is 5.06. The van der Waals surface area contributed by atoms with Gasteiger partial charge >= 0.3 is 0 Å². The van der Waals surface area contributed by atoms with Crippen LogP contribution < -0.4 is 21.3 Å². The van der Waals surface area contributed by atoms with Crippen LogP contribution in [0.1, 0.15) is 26.3 Å². The molecule has 10 nitrogen and oxygen atoms in total. The van der Waals surface area contributed by atoms with Gasteiger partial charge in [0.2, 0.25) is 0 Å². The zero-order valence-corrected chi connectivity index (χ0v) is 19.1. The van der Waals surface area contributed by atoms with Crippen LogP contribution in [0.2, 0.25) is 0 Å². The molecule has 0 aliphatic heterocycles. The molecule has 0 heterocycles. The molecule has 11 heteroatoms. The average molecular weight is 483 g/mol. The molecule has 0 fully saturated rings. The predicted molar refractivity (Wildman–Crippen MR) is 127 cm³/mol. The number of benzene rings is 3. The molecule has 0 radical (unpaired) electrons. The highest BCUT2D eigenvalue weighted by Crippen LogP contribution is 2.31. The maximum atomic E-state index is 13.2. The second kappa shape index (κ2) is 10.1. The van der Waals surface area contributed by atoms with Crippen molar-refractivity contribution in [1.29, 1.82) is 5.41 Å². The first-order valence-corrected chi connectivity index (χ1v) is 11.6. The van der Waals surface area contributed by atoms with Gasteiger partial charge in [-0.15, -0.1) is 4.28 Å². The summed E-state index contributed by atoms with van der Waals surface area (Å²) in [4.78, 5) is 25.8. The summed E-state index contributed by atoms with van der Waals surface area (Å²) in [5, 5.41) is 10.2. The highest BCUT2D eigenvalue weighted by molar-refractivity contribution is 7.85. The van der Waals surface area contributed by atoms with Crippen LogP contribution in [0.4, 0.5) is 5.69 Å². The van der Waals surface area contributed by atoms with Crippen LogP contribution in [0.25, 0.3) is 11.1 Å². The van der Waals surface area contributed by atoms with Crippen molar-refractivity contribution in [1.82, 2.24) is 5.48 Å². The number of hydrogen-bond donors (Lipinski definition) is 4. The van der Waals surface area contributed by atoms with Gasteiger partial charge in [-0.05, 0) is 59.7 Å². The minimum Gasteiger partial charge on any atom is -0.497 e. The van der Waals surface area contributed by atoms with E-state index in [9.17, 15) is 18.0 Å². The van der Waals surface area contributed by atoms with E-state index < -0.39 is 21.9 Å². The number of rotatable bonds is 8. The number of hydroxylamine groups is 1. The van der Waals surface area contributed by atoms with Crippen LogP contribution in [0.3, 0.4) is 0 Å². The summed E-state index contributed by atoms with van der Waals surface area (Å²) in [6.07, 6.45) is 0.800. The number of amidine groups is 1. The zero-order valence-electron chi connectivity index (χ0n) is 18.3. The number of anilines is 1. The van der Waals surface area contributed by atoms with E-state index in [1.54, 1.807) is 54.6 Å². The van der Waals surface area contributed by atoms with E-state index in [1.807, 2.05) is 5.48 Å². The Morgan fingerprint density at radius 3 is 2.18 bits per heavy atom. The van der Waals surface area contributed by atoms with E-state index >= 15 is 0 Å². The molecule has 2 amide bonds. The summed E-state index contributed by atoms with van der Waals surface area (Å²) in [6.45, 7) is 0. The number of amides is 2. The Kier molecular flexibility index (Phi) is 7.29. The summed E-state index contributed by atoms with van der Waals surface area (Å²) in [7, 11) is -2.45. The molecule has 34 heavy (non-hydrogen) atoms. The van der Waals surface area contributed by atoms with Crippen molar-refractivity contribution < 1.29 is 27.0 Å². The summed E-state index contributed by atoms with van der Waals surface area (Å²) >= 11 is 0. The van der Waals surface area contributed by atoms with Crippen LogP contribution in [-0.2, 0) is 14.4 Å². The van der Waals surface area contributed by atoms with Gasteiger partial charge in [-0.3, -0.25) is 15.0 Å². The molecule has 0 saturated heterocycles. The van der Waals surface area contributed by atoms with E-state index in [1.165, 1.54) is 19.2 Å². The normalized spacial score (nSPS) is 10.9. The number of nitrogens with one attached hydrogen (secondary N) is 3. The number of ether oxygens (including phenoxy) is 1. The SMILES string of the molecule is COc1ccc(-c2ccccc2C(=O)NOS(C)(=O)=O)c(C(=O)Nc2ccc(C(=N)N)cc2)c1. The van der Waals surface area contributed by atoms with Crippen molar-refractivity contribution in [2.45, 2.75) is 0 Å². The van der Waals surface area contributed by atoms with E-state index in [-0.39, 0.29) is 17.0 Å². The fourth-order valence-electron chi connectivity index (χ4n) is 3.09. The van der Waals surface area contributed by atoms with Gasteiger partial charge < -0.3 is 15.8 Å². The molecule has 3 aromatic rings. The smallest absolute Gasteiger partial charge is 0.285 e. The summed E-state index contributed by atoms with van der Waals surface area (Å²) in [6, 6.07) is 17.6. The molecular formula is C23H22N4O6S. The predicted octanol–water partition coefficient (Wildman–Crippen LogP) is 2.52. The monoisotopic (exact) mass is 482 g/mol. The highest BCUT2D eigenvalue weighted by Gasteiger charge is 2.20. The molecule has 3 aromatic carbocycles. The zero-order chi connectivity index (χ0) is 24.9. The molecule has 0 bridgehead atoms. The van der Waals surface area contributed by atoms with E-state index in [0.29, 0.717) is 28.1 Å². The van der Waals surface area contributed by atoms with Gasteiger partial charge in [0.15, 0.2) is 0 Å². The quantitative estimate of drug-likeness (QED) is 0.218. The summed E-state index contributed by atoms with van der Waals surface area (Å²) in [5.74, 6) is -0.957. The fraction of sp³-hybridized carbons (Fsp3) is 0.0870. The molecule has 0 spiro atoms. The molecule has 0 aromatic heterocycles. The van der Waals surface area contributed by atoms with Gasteiger partial charge in [-0.25, -0.2) is 5.48 Å². The lowest BCUT2D eigenvalue weighted by molar-refractivity contribution is 0.0773. The van der Waals surface area contributed by atoms with Crippen molar-refractivity contribution in [2.24, 2.45) is 5.73 Å². The molecule has 0 atom stereocenters. The lowest BCUT2D eigenvalue weighted by Crippen LogP contribution is -2.27. The first-order chi connectivity index (χ1) is 16.1. The molecule has 0 aliphatic rings. The van der Waals surface area contributed by atoms with Gasteiger partial charge in [-0.2, -0.15) is 8.42 Å². The molecule has 0 aliphatic carbocycles. The Hall–Kier alpha value is -4.22. The Morgan fingerprint density at radius 2 is 1.56 bits per heavy atom. The maximum absolute atomic E-state index is 13.2. The van der Waals surface area contributed by atoms with Gasteiger partial charge in [-0.1, -0.05) is 18.2 Å². The van der Waals surface area contributed by atoms with E-state index in [4.69, 9.17) is 15.9 Å². The Labute approximate surface area is 196 Å². The first-order valence-electron chi connectivity index (χ1n) is 9.81. The van der Waals surface area contributed by atoms with Crippen molar-refractivity contribution >= 4 is 33.5 Å². The van der Waals surface area contributed by atoms with Gasteiger partial charge in [0.05, 0.1) is 18.9 Å². The first kappa shape index (κ1) is 24.4. The summed E-state index contributed by atoms with van der Waals surface area (Å²) in [5.41, 5.74) is 9.42. The Bertz CT molecular complexity index is 1350. The Balaban J connectivity index is 2.00. The standard InChI is InChI=1S/C23H22N4O6S/c1-32-16-11-12-18(17-5-3-4-6-19(17)23(29)27-33-34(2,30)31)20(13-16)22(28)26-15-9-7-14(8-10-15)21(24)25/h3-13H,1-2H3,(H3,24,25)(H,26,28)(H,27,29). The largest absolute Gasteiger partial charge is 0.497 e. The number of nitrogen functional groups attached to an aromatic ring is 1. The van der Waals surface area contributed by atoms with Crippen molar-refractivity contribution in [3.8, 4) is 16.9 Å². The van der Waals surface area contributed by atoms with E-state index in [0.717, 1.165) is 6.26 Å². The van der Waals surface area contributed by atoms with E-state index in [2.05, 4.69) is 9.60 Å². The third-order valence-electron chi connectivity index (χ3n) is 4.67. The molecule has 0 unspecified atom stereocenters. The molecule has 176 valence electrons. The summed E-state index contributed by atoms with van der Waals surface area (Å²) < 4.78 is 32.2. The molecule has 5 N–H and O–H groups in total. The second-order valence-corrected chi connectivity index (χ2v) is 8.70. The Morgan fingerprint density at radius 1 is 0.912 bits per heavy atom. The average Bonchev–Trinajstić information content (AvgIpc) is 2.82. The van der Waals surface area contributed by atoms with Gasteiger partial charge in [0.25, 0.3) is 21.9 Å². The third kappa shape index (κ3) is 5.97. The maximum Gasteiger partial charge on any atom is 0.285 e. The van der Waals surface area contributed by atoms with Crippen molar-refractivity contribution in [3.63, 3.8) is 0 Å². The topological polar surface area (TPSA) is 161 Å². The van der Waals surface area contributed by atoms with Gasteiger partial charge in [0.1, 0.15) is 11.6 Å². The molecule has 3 rings (SSSR count). The van der Waals surface area contributed by atoms with Crippen LogP contribution in [0.15, 0.2) is 66.7 Å². The van der Waals surface area contributed by atoms with Crippen molar-refractivity contribution in [3.05, 3.63) is 83.4 Å². The number of nitrogens with two attached hydrogens (primary N) is 1. The van der Waals surface area contributed by atoms with Crippen molar-refractivity contribution in [2.75, 3.05) is 18.7 Å². The number of hydrogen-bond acceptors (Lipinski definition) is 7. The molecule has 0 saturated carbocycles. The number of methoxy groups -OCH3 is 1. The number of carbonyl (C=O) groups is 2. The fourth-order valence-corrected chi connectivity index (χ4v) is 3.32. The van der Waals surface area contributed by atoms with Gasteiger partial charge in [0, 0.05) is 16.8 Å². The minimum atomic E-state index is -3.91. The lowest BCUT2D eigenvalue weighted by atomic mass is 9.94. The van der Waals surface area contributed by atoms with Crippen LogP contribution in [0, 0.1) is 5.41 Å². The number of carbonyl (C=O) groups excluding carboxylic acids is 2. The van der Waals surface area contributed by atoms with Crippen LogP contribution in [-0.4, -0.2) is 39.4 Å². The minimum absolute atomic E-state index is 0.0937. The highest BCUT2D eigenvalue weighted by atomic mass is 32.2. The second-order valence-electron chi connectivity index (χ2n) is 7.12. The van der Waals surface area contributed by atoms with Crippen LogP contribution >= 0.6 is 0 Å². The molecular weight excluding hydrogens is 460 g/mol. The lowest BCUT2D eigenvalue weighted by Gasteiger charge is -2.15. The van der Waals surface area contributed by atoms with Crippen LogP contribution in [0.5, 0.6) is 5.75 Å².